The second-order valence-electron chi connectivity index (χ2n) is 4.25. The summed E-state index contributed by atoms with van der Waals surface area (Å²) >= 11 is 0. The van der Waals surface area contributed by atoms with Gasteiger partial charge in [0.1, 0.15) is 6.04 Å². The molecule has 0 aromatic carbocycles. The van der Waals surface area contributed by atoms with Crippen LogP contribution in [0.15, 0.2) is 0 Å². The highest BCUT2D eigenvalue weighted by atomic mass is 16.5. The van der Waals surface area contributed by atoms with Gasteiger partial charge < -0.3 is 15.2 Å². The molecular weight excluding hydrogens is 236 g/mol. The Labute approximate surface area is 108 Å². The number of amides is 1. The Bertz CT molecular complexity index is 258. The van der Waals surface area contributed by atoms with Crippen LogP contribution in [0, 0.1) is 0 Å². The summed E-state index contributed by atoms with van der Waals surface area (Å²) in [4.78, 5) is 23.6. The maximum atomic E-state index is 11.5. The monoisotopic (exact) mass is 260 g/mol. The second-order valence-corrected chi connectivity index (χ2v) is 4.25. The molecule has 1 atom stereocenters. The van der Waals surface area contributed by atoms with Gasteiger partial charge >= 0.3 is 5.97 Å². The Balaban J connectivity index is 3.62. The molecule has 0 fully saturated rings. The van der Waals surface area contributed by atoms with Gasteiger partial charge in [-0.05, 0) is 20.4 Å². The quantitative estimate of drug-likeness (QED) is 0.553. The molecule has 0 heterocycles. The van der Waals surface area contributed by atoms with E-state index in [1.807, 2.05) is 0 Å². The predicted octanol–water partition coefficient (Wildman–Crippen LogP) is 0.324. The van der Waals surface area contributed by atoms with Gasteiger partial charge in [0.2, 0.25) is 5.91 Å². The molecule has 2 N–H and O–H groups in total. The maximum Gasteiger partial charge on any atom is 0.320 e. The van der Waals surface area contributed by atoms with Crippen molar-refractivity contribution < 1.29 is 19.4 Å². The number of aliphatic carboxylic acids is 1. The fraction of sp³-hybridized carbons (Fsp3) is 0.833. The van der Waals surface area contributed by atoms with Gasteiger partial charge in [-0.1, -0.05) is 13.3 Å². The van der Waals surface area contributed by atoms with Crippen molar-refractivity contribution in [2.75, 3.05) is 33.4 Å². The minimum Gasteiger partial charge on any atom is -0.480 e. The molecule has 1 amide bonds. The van der Waals surface area contributed by atoms with Crippen molar-refractivity contribution in [2.24, 2.45) is 0 Å². The van der Waals surface area contributed by atoms with E-state index in [2.05, 4.69) is 12.2 Å². The van der Waals surface area contributed by atoms with Crippen LogP contribution in [-0.4, -0.2) is 61.3 Å². The highest BCUT2D eigenvalue weighted by Crippen LogP contribution is 1.94. The van der Waals surface area contributed by atoms with Crippen LogP contribution in [0.2, 0.25) is 0 Å². The number of carbonyl (C=O) groups excluding carboxylic acids is 1. The third-order valence-electron chi connectivity index (χ3n) is 2.62. The summed E-state index contributed by atoms with van der Waals surface area (Å²) in [5.41, 5.74) is 0. The average molecular weight is 260 g/mol. The standard InChI is InChI=1S/C12H24N2O4/c1-4-5-7-18-8-6-13-11(15)9-14(3)10(2)12(16)17/h10H,4-9H2,1-3H3,(H,13,15)(H,16,17). The first-order chi connectivity index (χ1) is 8.49. The molecule has 0 aromatic heterocycles. The summed E-state index contributed by atoms with van der Waals surface area (Å²) in [5, 5.41) is 11.5. The van der Waals surface area contributed by atoms with Gasteiger partial charge in [-0.2, -0.15) is 0 Å². The van der Waals surface area contributed by atoms with Gasteiger partial charge in [0.15, 0.2) is 0 Å². The number of rotatable bonds is 10. The SMILES string of the molecule is CCCCOCCNC(=O)CN(C)C(C)C(=O)O. The van der Waals surface area contributed by atoms with Crippen molar-refractivity contribution in [3.8, 4) is 0 Å². The first-order valence-corrected chi connectivity index (χ1v) is 6.26. The number of carboxylic acid groups (broad SMARTS) is 1. The molecule has 0 saturated carbocycles. The Hall–Kier alpha value is -1.14. The lowest BCUT2D eigenvalue weighted by Crippen LogP contribution is -2.43. The van der Waals surface area contributed by atoms with E-state index in [9.17, 15) is 9.59 Å². The molecule has 0 saturated heterocycles. The fourth-order valence-corrected chi connectivity index (χ4v) is 1.22. The smallest absolute Gasteiger partial charge is 0.320 e. The number of nitrogens with one attached hydrogen (secondary N) is 1. The van der Waals surface area contributed by atoms with E-state index in [1.54, 1.807) is 14.0 Å². The van der Waals surface area contributed by atoms with Gasteiger partial charge in [-0.3, -0.25) is 14.5 Å². The van der Waals surface area contributed by atoms with E-state index < -0.39 is 12.0 Å². The number of hydrogen-bond acceptors (Lipinski definition) is 4. The number of carboxylic acids is 1. The normalized spacial score (nSPS) is 12.4. The Kier molecular flexibility index (Phi) is 9.22. The molecule has 0 radical (unpaired) electrons. The molecule has 0 aromatic rings. The largest absolute Gasteiger partial charge is 0.480 e. The van der Waals surface area contributed by atoms with Gasteiger partial charge in [0.05, 0.1) is 13.2 Å². The van der Waals surface area contributed by atoms with Crippen LogP contribution >= 0.6 is 0 Å². The topological polar surface area (TPSA) is 78.9 Å². The number of unbranched alkanes of at least 4 members (excludes halogenated alkanes) is 1. The number of nitrogens with zero attached hydrogens (tertiary/aromatic N) is 1. The van der Waals surface area contributed by atoms with E-state index >= 15 is 0 Å². The van der Waals surface area contributed by atoms with Gasteiger partial charge in [-0.15, -0.1) is 0 Å². The molecular formula is C12H24N2O4. The van der Waals surface area contributed by atoms with Gasteiger partial charge in [0.25, 0.3) is 0 Å². The van der Waals surface area contributed by atoms with Gasteiger partial charge in [0, 0.05) is 13.2 Å². The van der Waals surface area contributed by atoms with E-state index in [0.717, 1.165) is 12.8 Å². The van der Waals surface area contributed by atoms with Gasteiger partial charge in [-0.25, -0.2) is 0 Å². The van der Waals surface area contributed by atoms with Crippen LogP contribution in [-0.2, 0) is 14.3 Å². The zero-order valence-electron chi connectivity index (χ0n) is 11.4. The summed E-state index contributed by atoms with van der Waals surface area (Å²) < 4.78 is 5.29. The molecule has 0 aliphatic rings. The second kappa shape index (κ2) is 9.85. The molecule has 0 aliphatic carbocycles. The molecule has 106 valence electrons. The summed E-state index contributed by atoms with van der Waals surface area (Å²) in [6.45, 7) is 5.36. The lowest BCUT2D eigenvalue weighted by Gasteiger charge is -2.20. The van der Waals surface area contributed by atoms with Crippen molar-refractivity contribution in [2.45, 2.75) is 32.7 Å². The average Bonchev–Trinajstić information content (AvgIpc) is 2.32. The molecule has 18 heavy (non-hydrogen) atoms. The van der Waals surface area contributed by atoms with E-state index in [0.29, 0.717) is 19.8 Å². The van der Waals surface area contributed by atoms with Crippen molar-refractivity contribution in [3.05, 3.63) is 0 Å². The zero-order valence-corrected chi connectivity index (χ0v) is 11.4. The highest BCUT2D eigenvalue weighted by Gasteiger charge is 2.18. The third-order valence-corrected chi connectivity index (χ3v) is 2.62. The third kappa shape index (κ3) is 8.03. The zero-order chi connectivity index (χ0) is 14.0. The van der Waals surface area contributed by atoms with E-state index in [1.165, 1.54) is 4.90 Å². The van der Waals surface area contributed by atoms with Crippen LogP contribution in [0.25, 0.3) is 0 Å². The molecule has 0 spiro atoms. The molecule has 0 aliphatic heterocycles. The van der Waals surface area contributed by atoms with Crippen molar-refractivity contribution in [1.29, 1.82) is 0 Å². The van der Waals surface area contributed by atoms with Crippen LogP contribution in [0.3, 0.4) is 0 Å². The van der Waals surface area contributed by atoms with Crippen molar-refractivity contribution in [1.82, 2.24) is 10.2 Å². The number of likely N-dealkylation sites (N-methyl/N-ethyl adjacent to an activating group) is 1. The first kappa shape index (κ1) is 16.9. The van der Waals surface area contributed by atoms with Crippen molar-refractivity contribution in [3.63, 3.8) is 0 Å². The minimum atomic E-state index is -0.937. The summed E-state index contributed by atoms with van der Waals surface area (Å²) in [7, 11) is 1.61. The lowest BCUT2D eigenvalue weighted by atomic mass is 10.3. The van der Waals surface area contributed by atoms with Crippen LogP contribution in [0.4, 0.5) is 0 Å². The maximum absolute atomic E-state index is 11.5. The highest BCUT2D eigenvalue weighted by molar-refractivity contribution is 5.79. The molecule has 1 unspecified atom stereocenters. The van der Waals surface area contributed by atoms with Crippen LogP contribution in [0.5, 0.6) is 0 Å². The molecule has 0 bridgehead atoms. The Morgan fingerprint density at radius 3 is 2.61 bits per heavy atom. The number of hydrogen-bond donors (Lipinski definition) is 2. The summed E-state index contributed by atoms with van der Waals surface area (Å²) in [5.74, 6) is -1.13. The van der Waals surface area contributed by atoms with E-state index in [4.69, 9.17) is 9.84 Å². The molecule has 6 heteroatoms. The Morgan fingerprint density at radius 1 is 1.39 bits per heavy atom. The number of carbonyl (C=O) groups is 2. The fourth-order valence-electron chi connectivity index (χ4n) is 1.22. The van der Waals surface area contributed by atoms with Crippen LogP contribution in [0.1, 0.15) is 26.7 Å². The minimum absolute atomic E-state index is 0.0719. The molecule has 0 rings (SSSR count). The predicted molar refractivity (Wildman–Crippen MR) is 68.5 cm³/mol. The molecule has 6 nitrogen and oxygen atoms in total. The first-order valence-electron chi connectivity index (χ1n) is 6.26. The summed E-state index contributed by atoms with van der Waals surface area (Å²) in [6.07, 6.45) is 2.11. The van der Waals surface area contributed by atoms with E-state index in [-0.39, 0.29) is 12.5 Å². The van der Waals surface area contributed by atoms with Crippen LogP contribution < -0.4 is 5.32 Å². The lowest BCUT2D eigenvalue weighted by molar-refractivity contribution is -0.142. The van der Waals surface area contributed by atoms with Crippen molar-refractivity contribution >= 4 is 11.9 Å². The number of ether oxygens (including phenoxy) is 1. The Morgan fingerprint density at radius 2 is 2.06 bits per heavy atom. The summed E-state index contributed by atoms with van der Waals surface area (Å²) in [6, 6.07) is -0.670.